The van der Waals surface area contributed by atoms with E-state index in [1.807, 2.05) is 0 Å². The lowest BCUT2D eigenvalue weighted by Gasteiger charge is -2.42. The zero-order valence-electron chi connectivity index (χ0n) is 7.94. The Morgan fingerprint density at radius 1 is 1.15 bits per heavy atom. The molecule has 76 valence electrons. The average Bonchev–Trinajstić information content (AvgIpc) is 1.94. The highest BCUT2D eigenvalue weighted by molar-refractivity contribution is 7.91. The van der Waals surface area contributed by atoms with Crippen molar-refractivity contribution in [3.63, 3.8) is 0 Å². The molecule has 1 aliphatic carbocycles. The van der Waals surface area contributed by atoms with Crippen molar-refractivity contribution in [2.24, 2.45) is 23.5 Å². The van der Waals surface area contributed by atoms with E-state index in [0.717, 1.165) is 12.8 Å². The topological polar surface area (TPSA) is 60.2 Å². The van der Waals surface area contributed by atoms with Gasteiger partial charge in [0, 0.05) is 6.04 Å². The van der Waals surface area contributed by atoms with Gasteiger partial charge in [0.25, 0.3) is 0 Å². The average molecular weight is 203 g/mol. The molecule has 0 amide bonds. The summed E-state index contributed by atoms with van der Waals surface area (Å²) >= 11 is 0. The Bertz CT molecular complexity index is 277. The Balaban J connectivity index is 2.23. The van der Waals surface area contributed by atoms with Crippen LogP contribution in [-0.2, 0) is 9.84 Å². The zero-order chi connectivity index (χ0) is 9.64. The van der Waals surface area contributed by atoms with Crippen molar-refractivity contribution < 1.29 is 8.42 Å². The highest BCUT2D eigenvalue weighted by Crippen LogP contribution is 2.37. The van der Waals surface area contributed by atoms with E-state index in [4.69, 9.17) is 5.73 Å². The second kappa shape index (κ2) is 2.95. The summed E-state index contributed by atoms with van der Waals surface area (Å²) < 4.78 is 22.9. The van der Waals surface area contributed by atoms with Gasteiger partial charge in [-0.3, -0.25) is 0 Å². The van der Waals surface area contributed by atoms with Gasteiger partial charge in [-0.1, -0.05) is 6.92 Å². The van der Waals surface area contributed by atoms with Crippen LogP contribution in [0.4, 0.5) is 0 Å². The fraction of sp³-hybridized carbons (Fsp3) is 1.00. The molecule has 1 aliphatic heterocycles. The highest BCUT2D eigenvalue weighted by atomic mass is 32.2. The molecule has 2 fully saturated rings. The predicted molar refractivity (Wildman–Crippen MR) is 52.0 cm³/mol. The van der Waals surface area contributed by atoms with E-state index in [0.29, 0.717) is 17.4 Å². The molecule has 4 heteroatoms. The normalized spacial score (nSPS) is 48.8. The molecule has 2 atom stereocenters. The smallest absolute Gasteiger partial charge is 0.150 e. The molecule has 2 aliphatic rings. The molecule has 2 bridgehead atoms. The van der Waals surface area contributed by atoms with Crippen LogP contribution in [-0.4, -0.2) is 26.0 Å². The number of nitrogens with two attached hydrogens (primary N) is 1. The lowest BCUT2D eigenvalue weighted by Crippen LogP contribution is -2.52. The van der Waals surface area contributed by atoms with E-state index in [9.17, 15) is 8.42 Å². The van der Waals surface area contributed by atoms with E-state index in [1.165, 1.54) is 0 Å². The maximum absolute atomic E-state index is 11.5. The molecule has 0 spiro atoms. The van der Waals surface area contributed by atoms with Gasteiger partial charge in [-0.05, 0) is 30.6 Å². The van der Waals surface area contributed by atoms with Crippen LogP contribution in [0.15, 0.2) is 0 Å². The minimum absolute atomic E-state index is 0.139. The molecule has 0 aromatic heterocycles. The monoisotopic (exact) mass is 203 g/mol. The van der Waals surface area contributed by atoms with Gasteiger partial charge in [0.1, 0.15) is 0 Å². The van der Waals surface area contributed by atoms with Crippen LogP contribution in [0.2, 0.25) is 0 Å². The Kier molecular flexibility index (Phi) is 2.15. The fourth-order valence-electron chi connectivity index (χ4n) is 2.91. The van der Waals surface area contributed by atoms with E-state index >= 15 is 0 Å². The van der Waals surface area contributed by atoms with Gasteiger partial charge in [-0.15, -0.1) is 0 Å². The van der Waals surface area contributed by atoms with Gasteiger partial charge in [-0.2, -0.15) is 0 Å². The third-order valence-electron chi connectivity index (χ3n) is 3.43. The number of fused-ring (bicyclic) bond motifs is 2. The lowest BCUT2D eigenvalue weighted by atomic mass is 9.74. The quantitative estimate of drug-likeness (QED) is 0.620. The second-order valence-corrected chi connectivity index (χ2v) is 6.90. The Morgan fingerprint density at radius 2 is 1.62 bits per heavy atom. The summed E-state index contributed by atoms with van der Waals surface area (Å²) in [6, 6.07) is 0.139. The van der Waals surface area contributed by atoms with Crippen molar-refractivity contribution in [3.05, 3.63) is 0 Å². The largest absolute Gasteiger partial charge is 0.327 e. The number of hydrogen-bond donors (Lipinski definition) is 1. The number of rotatable bonds is 0. The summed E-state index contributed by atoms with van der Waals surface area (Å²) in [5, 5.41) is 0. The molecule has 1 saturated carbocycles. The van der Waals surface area contributed by atoms with Crippen molar-refractivity contribution in [1.82, 2.24) is 0 Å². The summed E-state index contributed by atoms with van der Waals surface area (Å²) in [5.41, 5.74) is 6.00. The molecule has 2 N–H and O–H groups in total. The van der Waals surface area contributed by atoms with Gasteiger partial charge < -0.3 is 5.73 Å². The van der Waals surface area contributed by atoms with Crippen molar-refractivity contribution in [3.8, 4) is 0 Å². The van der Waals surface area contributed by atoms with Crippen LogP contribution in [0, 0.1) is 17.8 Å². The van der Waals surface area contributed by atoms with Crippen LogP contribution in [0.5, 0.6) is 0 Å². The molecule has 3 nitrogen and oxygen atoms in total. The first kappa shape index (κ1) is 9.46. The maximum atomic E-state index is 11.5. The first-order chi connectivity index (χ1) is 5.98. The van der Waals surface area contributed by atoms with Crippen LogP contribution in [0.25, 0.3) is 0 Å². The zero-order valence-corrected chi connectivity index (χ0v) is 8.76. The number of sulfone groups is 1. The van der Waals surface area contributed by atoms with Gasteiger partial charge >= 0.3 is 0 Å². The second-order valence-electron chi connectivity index (χ2n) is 4.75. The SMILES string of the molecule is CC1CC2CS(=O)(=O)CC(C1)C2N. The summed E-state index contributed by atoms with van der Waals surface area (Å²) in [5.74, 6) is 1.77. The summed E-state index contributed by atoms with van der Waals surface area (Å²) in [6.07, 6.45) is 1.99. The van der Waals surface area contributed by atoms with Crippen LogP contribution < -0.4 is 5.73 Å². The maximum Gasteiger partial charge on any atom is 0.150 e. The molecular formula is C9H17NO2S. The predicted octanol–water partition coefficient (Wildman–Crippen LogP) is 0.404. The van der Waals surface area contributed by atoms with Crippen LogP contribution in [0.1, 0.15) is 19.8 Å². The molecule has 0 aromatic carbocycles. The third-order valence-corrected chi connectivity index (χ3v) is 5.31. The van der Waals surface area contributed by atoms with E-state index < -0.39 is 9.84 Å². The van der Waals surface area contributed by atoms with Gasteiger partial charge in [0.2, 0.25) is 0 Å². The molecule has 1 heterocycles. The van der Waals surface area contributed by atoms with Crippen LogP contribution in [0.3, 0.4) is 0 Å². The summed E-state index contributed by atoms with van der Waals surface area (Å²) in [4.78, 5) is 0. The van der Waals surface area contributed by atoms with Gasteiger partial charge in [-0.25, -0.2) is 8.42 Å². The molecule has 1 saturated heterocycles. The molecular weight excluding hydrogens is 186 g/mol. The van der Waals surface area contributed by atoms with Crippen molar-refractivity contribution in [2.75, 3.05) is 11.5 Å². The van der Waals surface area contributed by atoms with E-state index in [2.05, 4.69) is 6.92 Å². The molecule has 0 radical (unpaired) electrons. The Morgan fingerprint density at radius 3 is 2.08 bits per heavy atom. The minimum atomic E-state index is -2.78. The van der Waals surface area contributed by atoms with Gasteiger partial charge in [0.15, 0.2) is 9.84 Å². The first-order valence-corrected chi connectivity index (χ1v) is 6.76. The fourth-order valence-corrected chi connectivity index (χ4v) is 5.07. The third kappa shape index (κ3) is 1.74. The summed E-state index contributed by atoms with van der Waals surface area (Å²) in [7, 11) is -2.78. The number of hydrogen-bond acceptors (Lipinski definition) is 3. The van der Waals surface area contributed by atoms with Crippen molar-refractivity contribution >= 4 is 9.84 Å². The van der Waals surface area contributed by atoms with E-state index in [-0.39, 0.29) is 17.9 Å². The van der Waals surface area contributed by atoms with Crippen molar-refractivity contribution in [2.45, 2.75) is 25.8 Å². The highest BCUT2D eigenvalue weighted by Gasteiger charge is 2.42. The first-order valence-electron chi connectivity index (χ1n) is 4.94. The lowest BCUT2D eigenvalue weighted by molar-refractivity contribution is 0.188. The Hall–Kier alpha value is -0.0900. The molecule has 13 heavy (non-hydrogen) atoms. The summed E-state index contributed by atoms with van der Waals surface area (Å²) in [6.45, 7) is 2.20. The molecule has 2 rings (SSSR count). The molecule has 2 unspecified atom stereocenters. The molecule has 0 aromatic rings. The van der Waals surface area contributed by atoms with Crippen LogP contribution >= 0.6 is 0 Å². The Labute approximate surface area is 79.6 Å². The minimum Gasteiger partial charge on any atom is -0.327 e. The van der Waals surface area contributed by atoms with Crippen molar-refractivity contribution in [1.29, 1.82) is 0 Å². The van der Waals surface area contributed by atoms with Gasteiger partial charge in [0.05, 0.1) is 11.5 Å². The van der Waals surface area contributed by atoms with E-state index in [1.54, 1.807) is 0 Å². The standard InChI is InChI=1S/C9H17NO2S/c1-6-2-7-4-13(11,12)5-8(3-6)9(7)10/h6-9H,2-5,10H2,1H3.